The minimum Gasteiger partial charge on any atom is -0.393 e. The van der Waals surface area contributed by atoms with Crippen LogP contribution in [0.4, 0.5) is 0 Å². The monoisotopic (exact) mass is 338 g/mol. The highest BCUT2D eigenvalue weighted by Gasteiger charge is 2.32. The Bertz CT molecular complexity index is 402. The van der Waals surface area contributed by atoms with E-state index in [0.717, 1.165) is 51.4 Å². The second kappa shape index (κ2) is 12.4. The van der Waals surface area contributed by atoms with E-state index in [1.807, 2.05) is 0 Å². The summed E-state index contributed by atoms with van der Waals surface area (Å²) in [4.78, 5) is 23.1. The summed E-state index contributed by atoms with van der Waals surface area (Å²) in [5, 5.41) is 18.6. The highest BCUT2D eigenvalue weighted by Crippen LogP contribution is 2.34. The van der Waals surface area contributed by atoms with Crippen LogP contribution in [0.25, 0.3) is 0 Å². The van der Waals surface area contributed by atoms with E-state index in [-0.39, 0.29) is 24.4 Å². The van der Waals surface area contributed by atoms with E-state index < -0.39 is 0 Å². The van der Waals surface area contributed by atoms with Crippen molar-refractivity contribution in [1.82, 2.24) is 0 Å². The van der Waals surface area contributed by atoms with Gasteiger partial charge >= 0.3 is 0 Å². The molecule has 0 aromatic heterocycles. The van der Waals surface area contributed by atoms with Crippen LogP contribution >= 0.6 is 0 Å². The predicted octanol–water partition coefficient (Wildman–Crippen LogP) is 3.59. The maximum atomic E-state index is 12.1. The molecule has 1 aliphatic rings. The number of aliphatic hydroxyl groups excluding tert-OH is 2. The lowest BCUT2D eigenvalue weighted by atomic mass is 9.89. The largest absolute Gasteiger partial charge is 0.393 e. The molecule has 0 saturated heterocycles. The Labute approximate surface area is 146 Å². The molecule has 1 fully saturated rings. The molecule has 138 valence electrons. The lowest BCUT2D eigenvalue weighted by Gasteiger charge is -2.15. The fourth-order valence-corrected chi connectivity index (χ4v) is 3.45. The summed E-state index contributed by atoms with van der Waals surface area (Å²) in [6, 6.07) is 0. The minimum absolute atomic E-state index is 0.102. The molecule has 0 aromatic rings. The number of rotatable bonds is 13. The Morgan fingerprint density at radius 1 is 1.29 bits per heavy atom. The van der Waals surface area contributed by atoms with E-state index >= 15 is 0 Å². The zero-order chi connectivity index (χ0) is 17.8. The summed E-state index contributed by atoms with van der Waals surface area (Å²) in [6.07, 6.45) is 13.2. The van der Waals surface area contributed by atoms with Crippen LogP contribution in [0.5, 0.6) is 0 Å². The highest BCUT2D eigenvalue weighted by molar-refractivity contribution is 5.83. The van der Waals surface area contributed by atoms with Gasteiger partial charge in [0.05, 0.1) is 6.10 Å². The average Bonchev–Trinajstić information content (AvgIpc) is 2.92. The molecule has 0 heterocycles. The molecule has 3 atom stereocenters. The Morgan fingerprint density at radius 3 is 2.79 bits per heavy atom. The summed E-state index contributed by atoms with van der Waals surface area (Å²) >= 11 is 0. The Hall–Kier alpha value is -1.00. The first-order chi connectivity index (χ1) is 11.6. The highest BCUT2D eigenvalue weighted by atomic mass is 16.3. The summed E-state index contributed by atoms with van der Waals surface area (Å²) in [5.41, 5.74) is 0. The lowest BCUT2D eigenvalue weighted by Crippen LogP contribution is -2.13. The van der Waals surface area contributed by atoms with Crippen LogP contribution in [0, 0.1) is 11.8 Å². The van der Waals surface area contributed by atoms with Crippen molar-refractivity contribution < 1.29 is 19.8 Å². The molecule has 1 rings (SSSR count). The zero-order valence-electron chi connectivity index (χ0n) is 15.1. The fourth-order valence-electron chi connectivity index (χ4n) is 3.45. The molecule has 24 heavy (non-hydrogen) atoms. The van der Waals surface area contributed by atoms with Crippen LogP contribution in [0.2, 0.25) is 0 Å². The molecule has 4 nitrogen and oxygen atoms in total. The van der Waals surface area contributed by atoms with Crippen molar-refractivity contribution in [3.8, 4) is 0 Å². The summed E-state index contributed by atoms with van der Waals surface area (Å²) in [6.45, 7) is 1.76. The van der Waals surface area contributed by atoms with Gasteiger partial charge in [-0.25, -0.2) is 0 Å². The van der Waals surface area contributed by atoms with Gasteiger partial charge in [-0.15, -0.1) is 0 Å². The maximum absolute atomic E-state index is 12.1. The summed E-state index contributed by atoms with van der Waals surface area (Å²) in [7, 11) is 0. The number of unbranched alkanes of at least 4 members (excludes halogenated alkanes) is 3. The Balaban J connectivity index is 2.28. The average molecular weight is 338 g/mol. The van der Waals surface area contributed by atoms with Gasteiger partial charge in [-0.3, -0.25) is 9.59 Å². The van der Waals surface area contributed by atoms with Gasteiger partial charge in [0.15, 0.2) is 5.78 Å². The van der Waals surface area contributed by atoms with E-state index in [2.05, 4.69) is 19.1 Å². The molecular formula is C20H34O4. The summed E-state index contributed by atoms with van der Waals surface area (Å²) in [5.74, 6) is 0.689. The van der Waals surface area contributed by atoms with Crippen LogP contribution in [-0.4, -0.2) is 34.5 Å². The zero-order valence-corrected chi connectivity index (χ0v) is 15.1. The molecule has 0 radical (unpaired) electrons. The fraction of sp³-hybridized carbons (Fsp3) is 0.800. The Morgan fingerprint density at radius 2 is 2.08 bits per heavy atom. The molecule has 0 aliphatic heterocycles. The molecule has 4 heteroatoms. The third-order valence-corrected chi connectivity index (χ3v) is 4.98. The van der Waals surface area contributed by atoms with Gasteiger partial charge in [0.25, 0.3) is 0 Å². The smallest absolute Gasteiger partial charge is 0.158 e. The van der Waals surface area contributed by atoms with Gasteiger partial charge in [-0.05, 0) is 38.0 Å². The summed E-state index contributed by atoms with van der Waals surface area (Å²) < 4.78 is 0. The van der Waals surface area contributed by atoms with Crippen LogP contribution < -0.4 is 0 Å². The molecule has 0 aromatic carbocycles. The van der Waals surface area contributed by atoms with E-state index in [1.165, 1.54) is 0 Å². The molecule has 0 amide bonds. The predicted molar refractivity (Wildman–Crippen MR) is 95.7 cm³/mol. The van der Waals surface area contributed by atoms with Gasteiger partial charge < -0.3 is 10.2 Å². The van der Waals surface area contributed by atoms with Gasteiger partial charge in [-0.1, -0.05) is 44.8 Å². The second-order valence-corrected chi connectivity index (χ2v) is 7.03. The van der Waals surface area contributed by atoms with Crippen LogP contribution in [0.15, 0.2) is 12.2 Å². The number of allylic oxidation sites excluding steroid dienone is 1. The number of carbonyl (C=O) groups is 2. The molecule has 1 aliphatic carbocycles. The molecular weight excluding hydrogens is 304 g/mol. The number of hydrogen-bond donors (Lipinski definition) is 2. The number of carbonyl (C=O) groups excluding carboxylic acids is 2. The number of ketones is 2. The van der Waals surface area contributed by atoms with Crippen molar-refractivity contribution in [1.29, 1.82) is 0 Å². The number of Topliss-reactive ketones (excluding diaryl/α,β-unsaturated/α-hetero) is 2. The molecule has 1 unspecified atom stereocenters. The van der Waals surface area contributed by atoms with E-state index in [1.54, 1.807) is 0 Å². The minimum atomic E-state index is -0.363. The van der Waals surface area contributed by atoms with Crippen molar-refractivity contribution in [2.75, 3.05) is 6.61 Å². The normalized spacial score (nSPS) is 22.4. The quantitative estimate of drug-likeness (QED) is 0.397. The first-order valence-electron chi connectivity index (χ1n) is 9.58. The SMILES string of the molecule is CCCCC(O)CC=C[C@H]1CCC(=O)[C@@H]1CCCCCC(=O)CO. The van der Waals surface area contributed by atoms with Gasteiger partial charge in [-0.2, -0.15) is 0 Å². The van der Waals surface area contributed by atoms with Crippen molar-refractivity contribution in [2.24, 2.45) is 11.8 Å². The van der Waals surface area contributed by atoms with Crippen LogP contribution in [0.1, 0.15) is 77.6 Å². The first kappa shape index (κ1) is 21.0. The lowest BCUT2D eigenvalue weighted by molar-refractivity contribution is -0.122. The molecule has 0 bridgehead atoms. The third kappa shape index (κ3) is 8.20. The van der Waals surface area contributed by atoms with Gasteiger partial charge in [0.1, 0.15) is 12.4 Å². The second-order valence-electron chi connectivity index (χ2n) is 7.03. The maximum Gasteiger partial charge on any atom is 0.158 e. The molecule has 1 saturated carbocycles. The topological polar surface area (TPSA) is 74.6 Å². The van der Waals surface area contributed by atoms with Crippen LogP contribution in [0.3, 0.4) is 0 Å². The van der Waals surface area contributed by atoms with Crippen LogP contribution in [-0.2, 0) is 9.59 Å². The first-order valence-corrected chi connectivity index (χ1v) is 9.58. The van der Waals surface area contributed by atoms with E-state index in [9.17, 15) is 14.7 Å². The van der Waals surface area contributed by atoms with Gasteiger partial charge in [0, 0.05) is 18.8 Å². The van der Waals surface area contributed by atoms with Crippen molar-refractivity contribution in [2.45, 2.75) is 83.7 Å². The van der Waals surface area contributed by atoms with Crippen molar-refractivity contribution >= 4 is 11.6 Å². The number of aliphatic hydroxyl groups is 2. The Kier molecular flexibility index (Phi) is 10.9. The molecule has 2 N–H and O–H groups in total. The number of hydrogen-bond acceptors (Lipinski definition) is 4. The van der Waals surface area contributed by atoms with Gasteiger partial charge in [0.2, 0.25) is 0 Å². The van der Waals surface area contributed by atoms with Crippen molar-refractivity contribution in [3.05, 3.63) is 12.2 Å². The van der Waals surface area contributed by atoms with E-state index in [0.29, 0.717) is 31.0 Å². The molecule has 0 spiro atoms. The van der Waals surface area contributed by atoms with E-state index in [4.69, 9.17) is 5.11 Å². The van der Waals surface area contributed by atoms with Crippen molar-refractivity contribution in [3.63, 3.8) is 0 Å². The standard InChI is InChI=1S/C20H34O4/c1-2-3-9-17(22)11-7-8-16-13-14-20(24)19(16)12-6-4-5-10-18(23)15-21/h7-8,16-17,19,21-22H,2-6,9-15H2,1H3/t16-,17?,19+/m0/s1. The third-order valence-electron chi connectivity index (χ3n) is 4.98.